The summed E-state index contributed by atoms with van der Waals surface area (Å²) in [6.45, 7) is 2.79. The lowest BCUT2D eigenvalue weighted by molar-refractivity contribution is 0.355. The molecule has 0 fully saturated rings. The van der Waals surface area contributed by atoms with Gasteiger partial charge in [0, 0.05) is 24.5 Å². The van der Waals surface area contributed by atoms with E-state index in [-0.39, 0.29) is 0 Å². The molecule has 0 aliphatic carbocycles. The average molecular weight is 350 g/mol. The van der Waals surface area contributed by atoms with Crippen molar-refractivity contribution < 1.29 is 9.47 Å². The summed E-state index contributed by atoms with van der Waals surface area (Å²) >= 11 is 0. The van der Waals surface area contributed by atoms with Gasteiger partial charge in [0.2, 0.25) is 5.95 Å². The Labute approximate surface area is 153 Å². The molecule has 0 aliphatic rings. The number of hydrogen-bond acceptors (Lipinski definition) is 6. The zero-order valence-electron chi connectivity index (χ0n) is 15.1. The van der Waals surface area contributed by atoms with Crippen LogP contribution in [0.15, 0.2) is 54.7 Å². The summed E-state index contributed by atoms with van der Waals surface area (Å²) in [7, 11) is 3.21. The van der Waals surface area contributed by atoms with E-state index in [9.17, 15) is 0 Å². The Morgan fingerprint density at radius 2 is 1.81 bits per heavy atom. The van der Waals surface area contributed by atoms with Crippen molar-refractivity contribution in [2.45, 2.75) is 13.5 Å². The molecule has 0 atom stereocenters. The van der Waals surface area contributed by atoms with Crippen LogP contribution in [0.3, 0.4) is 0 Å². The molecule has 2 aromatic carbocycles. The van der Waals surface area contributed by atoms with Crippen molar-refractivity contribution in [2.75, 3.05) is 24.9 Å². The van der Waals surface area contributed by atoms with Gasteiger partial charge in [-0.15, -0.1) is 0 Å². The second kappa shape index (κ2) is 8.20. The molecule has 0 amide bonds. The zero-order chi connectivity index (χ0) is 18.4. The van der Waals surface area contributed by atoms with Crippen molar-refractivity contribution in [3.63, 3.8) is 0 Å². The number of anilines is 3. The molecule has 0 aliphatic heterocycles. The third kappa shape index (κ3) is 4.42. The van der Waals surface area contributed by atoms with E-state index in [2.05, 4.69) is 51.8 Å². The van der Waals surface area contributed by atoms with Crippen molar-refractivity contribution in [1.29, 1.82) is 0 Å². The quantitative estimate of drug-likeness (QED) is 0.667. The number of nitrogens with one attached hydrogen (secondary N) is 2. The van der Waals surface area contributed by atoms with E-state index in [1.54, 1.807) is 20.4 Å². The summed E-state index contributed by atoms with van der Waals surface area (Å²) in [5.41, 5.74) is 3.26. The van der Waals surface area contributed by atoms with Crippen LogP contribution in [-0.4, -0.2) is 24.2 Å². The Morgan fingerprint density at radius 1 is 0.962 bits per heavy atom. The smallest absolute Gasteiger partial charge is 0.229 e. The molecule has 26 heavy (non-hydrogen) atoms. The molecule has 3 rings (SSSR count). The summed E-state index contributed by atoms with van der Waals surface area (Å²) in [6.07, 6.45) is 1.72. The van der Waals surface area contributed by atoms with E-state index in [1.807, 2.05) is 24.3 Å². The minimum atomic E-state index is 0.506. The molecule has 0 spiro atoms. The highest BCUT2D eigenvalue weighted by Crippen LogP contribution is 2.30. The lowest BCUT2D eigenvalue weighted by Crippen LogP contribution is -2.04. The van der Waals surface area contributed by atoms with Crippen LogP contribution < -0.4 is 20.1 Å². The van der Waals surface area contributed by atoms with E-state index in [0.29, 0.717) is 24.0 Å². The van der Waals surface area contributed by atoms with Crippen LogP contribution in [0.2, 0.25) is 0 Å². The average Bonchev–Trinajstić information content (AvgIpc) is 2.66. The first-order valence-electron chi connectivity index (χ1n) is 8.29. The number of methoxy groups -OCH3 is 2. The van der Waals surface area contributed by atoms with Crippen molar-refractivity contribution >= 4 is 17.5 Å². The largest absolute Gasteiger partial charge is 0.493 e. The van der Waals surface area contributed by atoms with Gasteiger partial charge in [0.15, 0.2) is 11.5 Å². The predicted octanol–water partition coefficient (Wildman–Crippen LogP) is 4.16. The van der Waals surface area contributed by atoms with Crippen LogP contribution in [0.1, 0.15) is 11.1 Å². The molecule has 0 bridgehead atoms. The molecule has 0 unspecified atom stereocenters. The fraction of sp³-hybridized carbons (Fsp3) is 0.200. The maximum absolute atomic E-state index is 5.32. The van der Waals surface area contributed by atoms with E-state index in [1.165, 1.54) is 11.1 Å². The van der Waals surface area contributed by atoms with Gasteiger partial charge >= 0.3 is 0 Å². The molecule has 1 aromatic heterocycles. The van der Waals surface area contributed by atoms with Crippen molar-refractivity contribution in [2.24, 2.45) is 0 Å². The molecule has 0 radical (unpaired) electrons. The molecular weight excluding hydrogens is 328 g/mol. The molecule has 134 valence electrons. The second-order valence-electron chi connectivity index (χ2n) is 5.80. The van der Waals surface area contributed by atoms with Gasteiger partial charge in [-0.1, -0.05) is 29.8 Å². The molecule has 6 nitrogen and oxygen atoms in total. The summed E-state index contributed by atoms with van der Waals surface area (Å²) in [6, 6.07) is 15.8. The van der Waals surface area contributed by atoms with Crippen molar-refractivity contribution in [1.82, 2.24) is 9.97 Å². The maximum Gasteiger partial charge on any atom is 0.229 e. The number of aromatic nitrogens is 2. The van der Waals surface area contributed by atoms with Crippen LogP contribution in [0.25, 0.3) is 0 Å². The van der Waals surface area contributed by atoms with Gasteiger partial charge in [-0.25, -0.2) is 4.98 Å². The number of aryl methyl sites for hydroxylation is 1. The third-order valence-electron chi connectivity index (χ3n) is 3.85. The minimum absolute atomic E-state index is 0.506. The fourth-order valence-electron chi connectivity index (χ4n) is 2.58. The lowest BCUT2D eigenvalue weighted by Gasteiger charge is -2.11. The maximum atomic E-state index is 5.32. The Balaban J connectivity index is 1.69. The number of benzene rings is 2. The van der Waals surface area contributed by atoms with Gasteiger partial charge < -0.3 is 20.1 Å². The molecule has 1 heterocycles. The van der Waals surface area contributed by atoms with Gasteiger partial charge in [-0.05, 0) is 30.7 Å². The summed E-state index contributed by atoms with van der Waals surface area (Å²) in [4.78, 5) is 8.77. The topological polar surface area (TPSA) is 68.3 Å². The van der Waals surface area contributed by atoms with Crippen LogP contribution in [-0.2, 0) is 6.54 Å². The predicted molar refractivity (Wildman–Crippen MR) is 103 cm³/mol. The van der Waals surface area contributed by atoms with Gasteiger partial charge in [0.1, 0.15) is 5.82 Å². The number of nitrogens with zero attached hydrogens (tertiary/aromatic N) is 2. The van der Waals surface area contributed by atoms with E-state index >= 15 is 0 Å². The van der Waals surface area contributed by atoms with E-state index in [4.69, 9.17) is 9.47 Å². The standard InChI is InChI=1S/C20H22N4O2/c1-14-5-4-6-15(11-14)13-22-19-9-10-21-20(24-19)23-16-7-8-17(25-2)18(12-16)26-3/h4-12H,13H2,1-3H3,(H2,21,22,23,24). The molecule has 2 N–H and O–H groups in total. The molecular formula is C20H22N4O2. The normalized spacial score (nSPS) is 10.3. The second-order valence-corrected chi connectivity index (χ2v) is 5.80. The van der Waals surface area contributed by atoms with Crippen LogP contribution in [0.4, 0.5) is 17.5 Å². The highest BCUT2D eigenvalue weighted by atomic mass is 16.5. The Hall–Kier alpha value is -3.28. The van der Waals surface area contributed by atoms with E-state index in [0.717, 1.165) is 11.5 Å². The highest BCUT2D eigenvalue weighted by molar-refractivity contribution is 5.60. The van der Waals surface area contributed by atoms with Gasteiger partial charge in [0.25, 0.3) is 0 Å². The highest BCUT2D eigenvalue weighted by Gasteiger charge is 2.06. The Bertz CT molecular complexity index is 883. The van der Waals surface area contributed by atoms with Crippen molar-refractivity contribution in [3.8, 4) is 11.5 Å². The first kappa shape index (κ1) is 17.5. The fourth-order valence-corrected chi connectivity index (χ4v) is 2.58. The molecule has 3 aromatic rings. The molecule has 0 saturated carbocycles. The first-order valence-corrected chi connectivity index (χ1v) is 8.29. The third-order valence-corrected chi connectivity index (χ3v) is 3.85. The summed E-state index contributed by atoms with van der Waals surface area (Å²) in [5.74, 6) is 2.58. The molecule has 6 heteroatoms. The van der Waals surface area contributed by atoms with Crippen molar-refractivity contribution in [3.05, 3.63) is 65.9 Å². The van der Waals surface area contributed by atoms with Gasteiger partial charge in [-0.3, -0.25) is 0 Å². The summed E-state index contributed by atoms with van der Waals surface area (Å²) in [5, 5.41) is 6.50. The minimum Gasteiger partial charge on any atom is -0.493 e. The number of hydrogen-bond donors (Lipinski definition) is 2. The Morgan fingerprint density at radius 3 is 2.58 bits per heavy atom. The summed E-state index contributed by atoms with van der Waals surface area (Å²) < 4.78 is 10.6. The molecule has 0 saturated heterocycles. The van der Waals surface area contributed by atoms with E-state index < -0.39 is 0 Å². The SMILES string of the molecule is COc1ccc(Nc2nccc(NCc3cccc(C)c3)n2)cc1OC. The van der Waals surface area contributed by atoms with Crippen LogP contribution in [0, 0.1) is 6.92 Å². The van der Waals surface area contributed by atoms with Gasteiger partial charge in [0.05, 0.1) is 14.2 Å². The van der Waals surface area contributed by atoms with Gasteiger partial charge in [-0.2, -0.15) is 4.98 Å². The first-order chi connectivity index (χ1) is 12.7. The van der Waals surface area contributed by atoms with Crippen LogP contribution in [0.5, 0.6) is 11.5 Å². The van der Waals surface area contributed by atoms with Crippen LogP contribution >= 0.6 is 0 Å². The monoisotopic (exact) mass is 350 g/mol. The Kier molecular flexibility index (Phi) is 5.53. The number of ether oxygens (including phenoxy) is 2. The number of rotatable bonds is 7. The lowest BCUT2D eigenvalue weighted by atomic mass is 10.1. The zero-order valence-corrected chi connectivity index (χ0v) is 15.1.